The van der Waals surface area contributed by atoms with Gasteiger partial charge < -0.3 is 11.1 Å². The second-order valence-corrected chi connectivity index (χ2v) is 4.69. The van der Waals surface area contributed by atoms with Crippen LogP contribution in [0.2, 0.25) is 0 Å². The number of primary amides is 1. The number of carbonyl (C=O) groups excluding carboxylic acids is 2. The van der Waals surface area contributed by atoms with Crippen LogP contribution in [0.4, 0.5) is 4.79 Å². The van der Waals surface area contributed by atoms with Crippen molar-refractivity contribution in [1.29, 1.82) is 0 Å². The molecule has 0 saturated carbocycles. The summed E-state index contributed by atoms with van der Waals surface area (Å²) in [6, 6.07) is -0.905. The quantitative estimate of drug-likeness (QED) is 0.516. The van der Waals surface area contributed by atoms with E-state index in [-0.39, 0.29) is 5.75 Å². The number of urea groups is 1. The van der Waals surface area contributed by atoms with Gasteiger partial charge in [-0.15, -0.1) is 0 Å². The first kappa shape index (κ1) is 11.1. The van der Waals surface area contributed by atoms with Crippen LogP contribution >= 0.6 is 0 Å². The van der Waals surface area contributed by atoms with Crippen molar-refractivity contribution >= 4 is 22.7 Å². The summed E-state index contributed by atoms with van der Waals surface area (Å²) in [6.45, 7) is 1.70. The van der Waals surface area contributed by atoms with E-state index in [4.69, 9.17) is 5.73 Å². The third-order valence-corrected chi connectivity index (χ3v) is 3.27. The van der Waals surface area contributed by atoms with Crippen molar-refractivity contribution in [2.45, 2.75) is 0 Å². The summed E-state index contributed by atoms with van der Waals surface area (Å²) in [6.07, 6.45) is 0. The number of rotatable bonds is 4. The predicted octanol–water partition coefficient (Wildman–Crippen LogP) is -1.85. The topological polar surface area (TPSA) is 101 Å². The third-order valence-electron chi connectivity index (χ3n) is 1.84. The largest absolute Gasteiger partial charge is 0.351 e. The normalized spacial score (nSPS) is 18.3. The predicted molar refractivity (Wildman–Crippen MR) is 52.0 cm³/mol. The molecule has 1 aliphatic heterocycles. The maximum Gasteiger partial charge on any atom is 0.318 e. The summed E-state index contributed by atoms with van der Waals surface area (Å²) in [5, 5.41) is 4.92. The first-order valence-corrected chi connectivity index (χ1v) is 5.71. The van der Waals surface area contributed by atoms with E-state index in [0.717, 1.165) is 13.1 Å². The molecule has 1 fully saturated rings. The van der Waals surface area contributed by atoms with Crippen LogP contribution in [-0.4, -0.2) is 40.7 Å². The Labute approximate surface area is 84.1 Å². The summed E-state index contributed by atoms with van der Waals surface area (Å²) >= 11 is 0. The molecule has 1 atom stereocenters. The van der Waals surface area contributed by atoms with E-state index in [1.165, 1.54) is 0 Å². The number of hydrogen-bond acceptors (Lipinski definition) is 4. The molecule has 3 amide bonds. The molecule has 0 aromatic rings. The Kier molecular flexibility index (Phi) is 4.02. The lowest BCUT2D eigenvalue weighted by Crippen LogP contribution is -2.46. The number of nitrogens with two attached hydrogens (primary N) is 1. The minimum atomic E-state index is -1.21. The van der Waals surface area contributed by atoms with Gasteiger partial charge in [0.05, 0.1) is 0 Å². The fourth-order valence-electron chi connectivity index (χ4n) is 1.11. The Morgan fingerprint density at radius 2 is 2.14 bits per heavy atom. The van der Waals surface area contributed by atoms with Gasteiger partial charge in [0.2, 0.25) is 5.91 Å². The van der Waals surface area contributed by atoms with E-state index in [9.17, 15) is 13.8 Å². The van der Waals surface area contributed by atoms with Gasteiger partial charge in [0, 0.05) is 29.6 Å². The van der Waals surface area contributed by atoms with Crippen LogP contribution in [0.15, 0.2) is 0 Å². The third kappa shape index (κ3) is 3.84. The van der Waals surface area contributed by atoms with Crippen molar-refractivity contribution in [3.63, 3.8) is 0 Å². The maximum atomic E-state index is 11.3. The Balaban J connectivity index is 2.18. The zero-order valence-electron chi connectivity index (χ0n) is 7.62. The zero-order chi connectivity index (χ0) is 10.6. The average molecular weight is 219 g/mol. The van der Waals surface area contributed by atoms with E-state index in [1.54, 1.807) is 0 Å². The fraction of sp³-hybridized carbons (Fsp3) is 0.714. The van der Waals surface area contributed by atoms with E-state index in [1.807, 2.05) is 5.32 Å². The van der Waals surface area contributed by atoms with Crippen LogP contribution in [0.3, 0.4) is 0 Å². The molecule has 6 nitrogen and oxygen atoms in total. The van der Waals surface area contributed by atoms with Gasteiger partial charge >= 0.3 is 6.03 Å². The van der Waals surface area contributed by atoms with E-state index in [0.29, 0.717) is 11.7 Å². The van der Waals surface area contributed by atoms with Gasteiger partial charge in [-0.25, -0.2) is 4.79 Å². The summed E-state index contributed by atoms with van der Waals surface area (Å²) in [5.41, 5.74) is 4.73. The van der Waals surface area contributed by atoms with Crippen LogP contribution in [0, 0.1) is 5.92 Å². The van der Waals surface area contributed by atoms with Crippen molar-refractivity contribution in [3.05, 3.63) is 0 Å². The SMILES string of the molecule is NC(=O)NC(=O)CS(=O)CC1CNC1. The zero-order valence-corrected chi connectivity index (χ0v) is 8.43. The van der Waals surface area contributed by atoms with Crippen LogP contribution in [0.5, 0.6) is 0 Å². The lowest BCUT2D eigenvalue weighted by molar-refractivity contribution is -0.117. The number of nitrogens with one attached hydrogen (secondary N) is 2. The minimum Gasteiger partial charge on any atom is -0.351 e. The molecule has 0 spiro atoms. The van der Waals surface area contributed by atoms with Gasteiger partial charge in [0.1, 0.15) is 5.75 Å². The monoisotopic (exact) mass is 219 g/mol. The number of imide groups is 1. The van der Waals surface area contributed by atoms with Crippen molar-refractivity contribution in [3.8, 4) is 0 Å². The Bertz CT molecular complexity index is 265. The van der Waals surface area contributed by atoms with Crippen LogP contribution in [0.1, 0.15) is 0 Å². The van der Waals surface area contributed by atoms with Gasteiger partial charge in [-0.3, -0.25) is 14.3 Å². The highest BCUT2D eigenvalue weighted by Gasteiger charge is 2.20. The lowest BCUT2D eigenvalue weighted by Gasteiger charge is -2.26. The number of amides is 3. The second kappa shape index (κ2) is 5.06. The molecule has 1 rings (SSSR count). The summed E-state index contributed by atoms with van der Waals surface area (Å²) in [7, 11) is -1.21. The van der Waals surface area contributed by atoms with E-state index < -0.39 is 22.7 Å². The van der Waals surface area contributed by atoms with E-state index in [2.05, 4.69) is 5.32 Å². The standard InChI is InChI=1S/C7H13N3O3S/c8-7(12)10-6(11)4-14(13)3-5-1-9-2-5/h5,9H,1-4H2,(H3,8,10,11,12). The highest BCUT2D eigenvalue weighted by Crippen LogP contribution is 2.04. The van der Waals surface area contributed by atoms with Crippen LogP contribution in [-0.2, 0) is 15.6 Å². The molecule has 4 N–H and O–H groups in total. The first-order chi connectivity index (χ1) is 6.58. The van der Waals surface area contributed by atoms with Crippen LogP contribution < -0.4 is 16.4 Å². The summed E-state index contributed by atoms with van der Waals surface area (Å²) < 4.78 is 11.3. The smallest absolute Gasteiger partial charge is 0.318 e. The highest BCUT2D eigenvalue weighted by molar-refractivity contribution is 7.85. The van der Waals surface area contributed by atoms with Crippen molar-refractivity contribution in [2.75, 3.05) is 24.6 Å². The first-order valence-electron chi connectivity index (χ1n) is 4.23. The molecule has 1 aliphatic rings. The Hall–Kier alpha value is -0.950. The highest BCUT2D eigenvalue weighted by atomic mass is 32.2. The average Bonchev–Trinajstić information content (AvgIpc) is 1.94. The van der Waals surface area contributed by atoms with Crippen LogP contribution in [0.25, 0.3) is 0 Å². The van der Waals surface area contributed by atoms with Gasteiger partial charge in [-0.05, 0) is 5.92 Å². The Morgan fingerprint density at radius 3 is 2.57 bits per heavy atom. The molecule has 14 heavy (non-hydrogen) atoms. The van der Waals surface area contributed by atoms with Gasteiger partial charge in [-0.1, -0.05) is 0 Å². The number of carbonyl (C=O) groups is 2. The molecular weight excluding hydrogens is 206 g/mol. The Morgan fingerprint density at radius 1 is 1.50 bits per heavy atom. The van der Waals surface area contributed by atoms with Gasteiger partial charge in [0.25, 0.3) is 0 Å². The number of hydrogen-bond donors (Lipinski definition) is 3. The summed E-state index contributed by atoms with van der Waals surface area (Å²) in [4.78, 5) is 21.2. The molecule has 1 unspecified atom stereocenters. The van der Waals surface area contributed by atoms with Gasteiger partial charge in [0.15, 0.2) is 0 Å². The molecular formula is C7H13N3O3S. The maximum absolute atomic E-state index is 11.3. The molecule has 0 aliphatic carbocycles. The molecule has 7 heteroatoms. The van der Waals surface area contributed by atoms with Gasteiger partial charge in [-0.2, -0.15) is 0 Å². The van der Waals surface area contributed by atoms with Crippen molar-refractivity contribution < 1.29 is 13.8 Å². The van der Waals surface area contributed by atoms with E-state index >= 15 is 0 Å². The molecule has 1 heterocycles. The molecule has 0 bridgehead atoms. The summed E-state index contributed by atoms with van der Waals surface area (Å²) in [5.74, 6) is 0.152. The molecule has 80 valence electrons. The molecule has 1 saturated heterocycles. The lowest BCUT2D eigenvalue weighted by atomic mass is 10.1. The van der Waals surface area contributed by atoms with Crippen molar-refractivity contribution in [2.24, 2.45) is 11.7 Å². The molecule has 0 aromatic carbocycles. The van der Waals surface area contributed by atoms with Crippen molar-refractivity contribution in [1.82, 2.24) is 10.6 Å². The molecule has 0 radical (unpaired) electrons. The molecule has 0 aromatic heterocycles. The second-order valence-electron chi connectivity index (χ2n) is 3.19. The minimum absolute atomic E-state index is 0.153. The fourth-order valence-corrected chi connectivity index (χ4v) is 2.35.